The van der Waals surface area contributed by atoms with Crippen LogP contribution in [0.1, 0.15) is 21.5 Å². The Morgan fingerprint density at radius 1 is 1.44 bits per heavy atom. The number of carbonyl (C=O) groups is 1. The van der Waals surface area contributed by atoms with Gasteiger partial charge < -0.3 is 5.32 Å². The predicted octanol–water partition coefficient (Wildman–Crippen LogP) is 3.94. The monoisotopic (exact) mass is 320 g/mol. The van der Waals surface area contributed by atoms with Gasteiger partial charge in [0.25, 0.3) is 5.91 Å². The minimum Gasteiger partial charge on any atom is -0.321 e. The Morgan fingerprint density at radius 2 is 2.22 bits per heavy atom. The molecule has 1 N–H and O–H groups in total. The van der Waals surface area contributed by atoms with Crippen molar-refractivity contribution in [3.63, 3.8) is 0 Å². The van der Waals surface area contributed by atoms with Crippen LogP contribution in [0.3, 0.4) is 0 Å². The van der Waals surface area contributed by atoms with Crippen LogP contribution in [0, 0.1) is 18.3 Å². The first-order valence-corrected chi connectivity index (χ1v) is 6.89. The Kier molecular flexibility index (Phi) is 3.80. The van der Waals surface area contributed by atoms with E-state index in [1.807, 2.05) is 12.3 Å². The van der Waals surface area contributed by atoms with E-state index in [4.69, 9.17) is 5.26 Å². The van der Waals surface area contributed by atoms with Crippen molar-refractivity contribution in [2.75, 3.05) is 5.32 Å². The molecule has 0 radical (unpaired) electrons. The molecule has 5 heteroatoms. The lowest BCUT2D eigenvalue weighted by Crippen LogP contribution is -2.13. The Bertz CT molecular complexity index is 643. The van der Waals surface area contributed by atoms with Crippen molar-refractivity contribution in [2.24, 2.45) is 0 Å². The zero-order chi connectivity index (χ0) is 13.1. The molecular formula is C13H9BrN2OS. The smallest absolute Gasteiger partial charge is 0.256 e. The molecule has 18 heavy (non-hydrogen) atoms. The van der Waals surface area contributed by atoms with E-state index in [-0.39, 0.29) is 5.91 Å². The van der Waals surface area contributed by atoms with Crippen molar-refractivity contribution < 1.29 is 4.79 Å². The van der Waals surface area contributed by atoms with Crippen LogP contribution < -0.4 is 5.32 Å². The van der Waals surface area contributed by atoms with Gasteiger partial charge in [0, 0.05) is 9.85 Å². The summed E-state index contributed by atoms with van der Waals surface area (Å²) in [4.78, 5) is 12.0. The lowest BCUT2D eigenvalue weighted by molar-refractivity contribution is 0.102. The number of nitrogens with zero attached hydrogens (tertiary/aromatic N) is 1. The van der Waals surface area contributed by atoms with Gasteiger partial charge in [-0.15, -0.1) is 0 Å². The molecule has 0 aliphatic carbocycles. The number of halogens is 1. The highest BCUT2D eigenvalue weighted by atomic mass is 79.9. The van der Waals surface area contributed by atoms with Gasteiger partial charge in [-0.1, -0.05) is 15.9 Å². The van der Waals surface area contributed by atoms with Gasteiger partial charge in [-0.3, -0.25) is 4.79 Å². The van der Waals surface area contributed by atoms with Crippen LogP contribution in [-0.2, 0) is 0 Å². The van der Waals surface area contributed by atoms with Gasteiger partial charge in [0.15, 0.2) is 0 Å². The Hall–Kier alpha value is -1.64. The average molecular weight is 321 g/mol. The Balaban J connectivity index is 2.30. The molecule has 0 aliphatic rings. The fourth-order valence-corrected chi connectivity index (χ4v) is 2.69. The van der Waals surface area contributed by atoms with E-state index in [9.17, 15) is 4.79 Å². The van der Waals surface area contributed by atoms with Crippen LogP contribution in [0.5, 0.6) is 0 Å². The van der Waals surface area contributed by atoms with Crippen molar-refractivity contribution in [3.05, 3.63) is 50.1 Å². The van der Waals surface area contributed by atoms with Crippen molar-refractivity contribution >= 4 is 38.9 Å². The van der Waals surface area contributed by atoms with E-state index in [2.05, 4.69) is 27.3 Å². The quantitative estimate of drug-likeness (QED) is 0.911. The van der Waals surface area contributed by atoms with Gasteiger partial charge in [-0.2, -0.15) is 16.6 Å². The molecule has 2 aromatic rings. The zero-order valence-electron chi connectivity index (χ0n) is 9.53. The van der Waals surface area contributed by atoms with E-state index in [0.717, 1.165) is 10.0 Å². The summed E-state index contributed by atoms with van der Waals surface area (Å²) in [5, 5.41) is 15.5. The van der Waals surface area contributed by atoms with Crippen LogP contribution in [0.2, 0.25) is 0 Å². The zero-order valence-corrected chi connectivity index (χ0v) is 11.9. The predicted molar refractivity (Wildman–Crippen MR) is 75.9 cm³/mol. The van der Waals surface area contributed by atoms with E-state index in [1.54, 1.807) is 23.6 Å². The number of carbonyl (C=O) groups excluding carboxylic acids is 1. The molecule has 2 rings (SSSR count). The lowest BCUT2D eigenvalue weighted by Gasteiger charge is -2.07. The molecule has 0 fully saturated rings. The van der Waals surface area contributed by atoms with Crippen molar-refractivity contribution in [3.8, 4) is 6.07 Å². The number of thiophene rings is 1. The van der Waals surface area contributed by atoms with E-state index in [1.165, 1.54) is 11.3 Å². The van der Waals surface area contributed by atoms with Gasteiger partial charge in [-0.25, -0.2) is 0 Å². The number of nitriles is 1. The van der Waals surface area contributed by atoms with Gasteiger partial charge in [0.2, 0.25) is 0 Å². The van der Waals surface area contributed by atoms with Crippen molar-refractivity contribution in [1.29, 1.82) is 5.26 Å². The second-order valence-electron chi connectivity index (χ2n) is 3.72. The first kappa shape index (κ1) is 12.8. The molecule has 0 aliphatic heterocycles. The number of aryl methyl sites for hydroxylation is 1. The summed E-state index contributed by atoms with van der Waals surface area (Å²) < 4.78 is 0.818. The highest BCUT2D eigenvalue weighted by Gasteiger charge is 2.12. The second-order valence-corrected chi connectivity index (χ2v) is 5.38. The van der Waals surface area contributed by atoms with E-state index >= 15 is 0 Å². The summed E-state index contributed by atoms with van der Waals surface area (Å²) >= 11 is 4.80. The summed E-state index contributed by atoms with van der Waals surface area (Å²) in [6, 6.07) is 7.21. The number of rotatable bonds is 2. The van der Waals surface area contributed by atoms with Crippen LogP contribution >= 0.6 is 27.3 Å². The molecule has 1 amide bonds. The summed E-state index contributed by atoms with van der Waals surface area (Å²) in [5.74, 6) is -0.191. The van der Waals surface area contributed by atoms with Crippen molar-refractivity contribution in [1.82, 2.24) is 0 Å². The molecule has 0 saturated carbocycles. The molecule has 0 saturated heterocycles. The normalized spacial score (nSPS) is 9.83. The molecule has 0 unspecified atom stereocenters. The molecule has 0 atom stereocenters. The van der Waals surface area contributed by atoms with Gasteiger partial charge in [0.05, 0.1) is 16.8 Å². The third-order valence-electron chi connectivity index (χ3n) is 2.45. The summed E-state index contributed by atoms with van der Waals surface area (Å²) in [5.41, 5.74) is 2.54. The fourth-order valence-electron chi connectivity index (χ4n) is 1.50. The Labute approximate surface area is 117 Å². The minimum atomic E-state index is -0.191. The molecule has 1 heterocycles. The lowest BCUT2D eigenvalue weighted by atomic mass is 10.1. The highest BCUT2D eigenvalue weighted by Crippen LogP contribution is 2.22. The second kappa shape index (κ2) is 5.34. The fraction of sp³-hybridized carbons (Fsp3) is 0.0769. The van der Waals surface area contributed by atoms with E-state index < -0.39 is 0 Å². The molecule has 90 valence electrons. The number of amides is 1. The van der Waals surface area contributed by atoms with Crippen LogP contribution in [0.25, 0.3) is 0 Å². The molecule has 0 spiro atoms. The molecule has 1 aromatic heterocycles. The van der Waals surface area contributed by atoms with Crippen LogP contribution in [-0.4, -0.2) is 5.91 Å². The maximum atomic E-state index is 12.0. The first-order valence-electron chi connectivity index (χ1n) is 5.15. The number of anilines is 1. The third-order valence-corrected chi connectivity index (χ3v) is 3.81. The minimum absolute atomic E-state index is 0.191. The SMILES string of the molecule is Cc1cscc1C(=O)Nc1cc(Br)ccc1C#N. The number of nitrogens with one attached hydrogen (secondary N) is 1. The van der Waals surface area contributed by atoms with Crippen LogP contribution in [0.4, 0.5) is 5.69 Å². The standard InChI is InChI=1S/C13H9BrN2OS/c1-8-6-18-7-11(8)13(17)16-12-4-10(14)3-2-9(12)5-15/h2-4,6-7H,1H3,(H,16,17). The summed E-state index contributed by atoms with van der Waals surface area (Å²) in [7, 11) is 0. The Morgan fingerprint density at radius 3 is 2.83 bits per heavy atom. The van der Waals surface area contributed by atoms with Gasteiger partial charge >= 0.3 is 0 Å². The summed E-state index contributed by atoms with van der Waals surface area (Å²) in [6.45, 7) is 1.89. The van der Waals surface area contributed by atoms with E-state index in [0.29, 0.717) is 16.8 Å². The molecule has 1 aromatic carbocycles. The maximum Gasteiger partial charge on any atom is 0.256 e. The number of hydrogen-bond donors (Lipinski definition) is 1. The molecule has 0 bridgehead atoms. The largest absolute Gasteiger partial charge is 0.321 e. The summed E-state index contributed by atoms with van der Waals surface area (Å²) in [6.07, 6.45) is 0. The first-order chi connectivity index (χ1) is 8.61. The topological polar surface area (TPSA) is 52.9 Å². The number of benzene rings is 1. The van der Waals surface area contributed by atoms with Crippen LogP contribution in [0.15, 0.2) is 33.4 Å². The number of hydrogen-bond acceptors (Lipinski definition) is 3. The van der Waals surface area contributed by atoms with Gasteiger partial charge in [0.1, 0.15) is 6.07 Å². The molecular weight excluding hydrogens is 312 g/mol. The maximum absolute atomic E-state index is 12.0. The van der Waals surface area contributed by atoms with Crippen molar-refractivity contribution in [2.45, 2.75) is 6.92 Å². The highest BCUT2D eigenvalue weighted by molar-refractivity contribution is 9.10. The average Bonchev–Trinajstić information content (AvgIpc) is 2.76. The third kappa shape index (κ3) is 2.61. The molecule has 3 nitrogen and oxygen atoms in total. The van der Waals surface area contributed by atoms with Gasteiger partial charge in [-0.05, 0) is 36.1 Å².